The van der Waals surface area contributed by atoms with Gasteiger partial charge in [0.2, 0.25) is 0 Å². The molecule has 2 N–H and O–H groups in total. The van der Waals surface area contributed by atoms with Crippen molar-refractivity contribution in [3.05, 3.63) is 70.0 Å². The first kappa shape index (κ1) is 15.5. The van der Waals surface area contributed by atoms with E-state index >= 15 is 0 Å². The fraction of sp³-hybridized carbons (Fsp3) is 0. The topological polar surface area (TPSA) is 71.8 Å². The van der Waals surface area contributed by atoms with Gasteiger partial charge in [0.05, 0.1) is 10.7 Å². The SMILES string of the molecule is O=C(NNc1ccccc1)c1cc(Br)nn1-c1ncccc1Cl. The molecule has 0 spiro atoms. The number of halogens is 2. The summed E-state index contributed by atoms with van der Waals surface area (Å²) in [4.78, 5) is 16.6. The van der Waals surface area contributed by atoms with E-state index in [1.807, 2.05) is 30.3 Å². The molecule has 2 aromatic heterocycles. The van der Waals surface area contributed by atoms with Crippen LogP contribution in [0.15, 0.2) is 59.3 Å². The van der Waals surface area contributed by atoms with Crippen LogP contribution in [-0.4, -0.2) is 20.7 Å². The lowest BCUT2D eigenvalue weighted by atomic mass is 10.3. The molecule has 0 saturated carbocycles. The lowest BCUT2D eigenvalue weighted by molar-refractivity contribution is 0.0955. The quantitative estimate of drug-likeness (QED) is 0.667. The van der Waals surface area contributed by atoms with Crippen molar-refractivity contribution in [3.8, 4) is 5.82 Å². The monoisotopic (exact) mass is 391 g/mol. The molecule has 0 unspecified atom stereocenters. The minimum absolute atomic E-state index is 0.293. The van der Waals surface area contributed by atoms with Crippen molar-refractivity contribution in [2.75, 3.05) is 5.43 Å². The highest BCUT2D eigenvalue weighted by Gasteiger charge is 2.18. The molecule has 0 fully saturated rings. The molecule has 0 aliphatic carbocycles. The molecule has 0 saturated heterocycles. The summed E-state index contributed by atoms with van der Waals surface area (Å²) in [6, 6.07) is 14.3. The van der Waals surface area contributed by atoms with E-state index < -0.39 is 0 Å². The van der Waals surface area contributed by atoms with Crippen molar-refractivity contribution in [2.24, 2.45) is 0 Å². The van der Waals surface area contributed by atoms with Crippen LogP contribution in [0.5, 0.6) is 0 Å². The number of hydrazine groups is 1. The molecule has 6 nitrogen and oxygen atoms in total. The Kier molecular flexibility index (Phi) is 4.59. The number of amides is 1. The normalized spacial score (nSPS) is 10.3. The second kappa shape index (κ2) is 6.80. The molecule has 116 valence electrons. The van der Waals surface area contributed by atoms with Crippen molar-refractivity contribution >= 4 is 39.1 Å². The number of para-hydroxylation sites is 1. The van der Waals surface area contributed by atoms with Crippen molar-refractivity contribution < 1.29 is 4.79 Å². The molecule has 0 aliphatic heterocycles. The van der Waals surface area contributed by atoms with Gasteiger partial charge >= 0.3 is 0 Å². The van der Waals surface area contributed by atoms with Crippen LogP contribution in [-0.2, 0) is 0 Å². The molecule has 8 heteroatoms. The Morgan fingerprint density at radius 1 is 1.17 bits per heavy atom. The zero-order chi connectivity index (χ0) is 16.2. The van der Waals surface area contributed by atoms with E-state index in [1.54, 1.807) is 24.4 Å². The zero-order valence-electron chi connectivity index (χ0n) is 11.7. The second-order valence-electron chi connectivity index (χ2n) is 4.52. The van der Waals surface area contributed by atoms with Crippen LogP contribution in [0.4, 0.5) is 5.69 Å². The molecule has 23 heavy (non-hydrogen) atoms. The highest BCUT2D eigenvalue weighted by atomic mass is 79.9. The van der Waals surface area contributed by atoms with E-state index in [2.05, 4.69) is 36.9 Å². The largest absolute Gasteiger partial charge is 0.298 e. The van der Waals surface area contributed by atoms with Crippen LogP contribution >= 0.6 is 27.5 Å². The van der Waals surface area contributed by atoms with Crippen LogP contribution in [0.2, 0.25) is 5.02 Å². The van der Waals surface area contributed by atoms with Gasteiger partial charge in [-0.05, 0) is 40.2 Å². The Labute approximate surface area is 145 Å². The average Bonchev–Trinajstić information content (AvgIpc) is 2.96. The number of benzene rings is 1. The molecule has 0 atom stereocenters. The zero-order valence-corrected chi connectivity index (χ0v) is 14.0. The molecule has 2 heterocycles. The number of anilines is 1. The van der Waals surface area contributed by atoms with Crippen LogP contribution in [0.3, 0.4) is 0 Å². The molecule has 1 aromatic carbocycles. The fourth-order valence-corrected chi connectivity index (χ4v) is 2.50. The first-order valence-electron chi connectivity index (χ1n) is 6.63. The van der Waals surface area contributed by atoms with E-state index in [4.69, 9.17) is 11.6 Å². The van der Waals surface area contributed by atoms with Gasteiger partial charge in [0.1, 0.15) is 10.3 Å². The summed E-state index contributed by atoms with van der Waals surface area (Å²) in [5.74, 6) is 0.0125. The highest BCUT2D eigenvalue weighted by Crippen LogP contribution is 2.21. The van der Waals surface area contributed by atoms with Gasteiger partial charge in [-0.25, -0.2) is 9.67 Å². The Morgan fingerprint density at radius 2 is 1.96 bits per heavy atom. The van der Waals surface area contributed by atoms with Gasteiger partial charge in [0.25, 0.3) is 5.91 Å². The Bertz CT molecular complexity index is 837. The maximum Gasteiger partial charge on any atom is 0.288 e. The summed E-state index contributed by atoms with van der Waals surface area (Å²) >= 11 is 9.40. The standard InChI is InChI=1S/C15H11BrClN5O/c16-13-9-12(15(23)20-19-10-5-2-1-3-6-10)22(21-13)14-11(17)7-4-8-18-14/h1-9,19H,(H,20,23). The second-order valence-corrected chi connectivity index (χ2v) is 5.74. The molecular weight excluding hydrogens is 382 g/mol. The summed E-state index contributed by atoms with van der Waals surface area (Å²) in [5, 5.41) is 4.61. The highest BCUT2D eigenvalue weighted by molar-refractivity contribution is 9.10. The number of carbonyl (C=O) groups excluding carboxylic acids is 1. The smallest absolute Gasteiger partial charge is 0.288 e. The average molecular weight is 393 g/mol. The van der Waals surface area contributed by atoms with Crippen molar-refractivity contribution in [1.29, 1.82) is 0 Å². The summed E-state index contributed by atoms with van der Waals surface area (Å²) in [6.45, 7) is 0. The first-order chi connectivity index (χ1) is 11.1. The lowest BCUT2D eigenvalue weighted by Crippen LogP contribution is -2.31. The minimum atomic E-state index is -0.367. The molecule has 0 aliphatic rings. The Balaban J connectivity index is 1.85. The molecule has 3 aromatic rings. The van der Waals surface area contributed by atoms with Gasteiger partial charge in [-0.1, -0.05) is 29.8 Å². The molecule has 1 amide bonds. The predicted octanol–water partition coefficient (Wildman–Crippen LogP) is 3.44. The fourth-order valence-electron chi connectivity index (χ4n) is 1.92. The van der Waals surface area contributed by atoms with Gasteiger partial charge in [-0.3, -0.25) is 15.6 Å². The number of aromatic nitrogens is 3. The van der Waals surface area contributed by atoms with Crippen molar-refractivity contribution in [1.82, 2.24) is 20.2 Å². The van der Waals surface area contributed by atoms with Gasteiger partial charge in [0, 0.05) is 12.3 Å². The summed E-state index contributed by atoms with van der Waals surface area (Å²) in [5.41, 5.74) is 6.51. The van der Waals surface area contributed by atoms with E-state index in [0.717, 1.165) is 5.69 Å². The number of carbonyl (C=O) groups is 1. The number of rotatable bonds is 4. The summed E-state index contributed by atoms with van der Waals surface area (Å²) in [7, 11) is 0. The van der Waals surface area contributed by atoms with E-state index in [-0.39, 0.29) is 5.91 Å². The van der Waals surface area contributed by atoms with Crippen molar-refractivity contribution in [3.63, 3.8) is 0 Å². The lowest BCUT2D eigenvalue weighted by Gasteiger charge is -2.10. The number of hydrogen-bond acceptors (Lipinski definition) is 4. The van der Waals surface area contributed by atoms with Crippen LogP contribution in [0.25, 0.3) is 5.82 Å². The van der Waals surface area contributed by atoms with Gasteiger partial charge in [-0.2, -0.15) is 5.10 Å². The molecular formula is C15H11BrClN5O. The summed E-state index contributed by atoms with van der Waals surface area (Å²) in [6.07, 6.45) is 1.58. The summed E-state index contributed by atoms with van der Waals surface area (Å²) < 4.78 is 1.89. The minimum Gasteiger partial charge on any atom is -0.298 e. The number of nitrogens with one attached hydrogen (secondary N) is 2. The van der Waals surface area contributed by atoms with E-state index in [0.29, 0.717) is 21.1 Å². The molecule has 3 rings (SSSR count). The van der Waals surface area contributed by atoms with Crippen molar-refractivity contribution in [2.45, 2.75) is 0 Å². The van der Waals surface area contributed by atoms with Crippen LogP contribution in [0, 0.1) is 0 Å². The third kappa shape index (κ3) is 3.52. The third-order valence-electron chi connectivity index (χ3n) is 2.95. The third-order valence-corrected chi connectivity index (χ3v) is 3.63. The van der Waals surface area contributed by atoms with Gasteiger partial charge < -0.3 is 0 Å². The Morgan fingerprint density at radius 3 is 2.70 bits per heavy atom. The van der Waals surface area contributed by atoms with Gasteiger partial charge in [-0.15, -0.1) is 0 Å². The Hall–Kier alpha value is -2.38. The van der Waals surface area contributed by atoms with Gasteiger partial charge in [0.15, 0.2) is 5.82 Å². The first-order valence-corrected chi connectivity index (χ1v) is 7.80. The number of pyridine rings is 1. The maximum atomic E-state index is 12.4. The molecule has 0 radical (unpaired) electrons. The molecule has 0 bridgehead atoms. The van der Waals surface area contributed by atoms with E-state index in [1.165, 1.54) is 4.68 Å². The van der Waals surface area contributed by atoms with Crippen LogP contribution in [0.1, 0.15) is 10.5 Å². The maximum absolute atomic E-state index is 12.4. The number of nitrogens with zero attached hydrogens (tertiary/aromatic N) is 3. The predicted molar refractivity (Wildman–Crippen MR) is 91.6 cm³/mol. The van der Waals surface area contributed by atoms with Crippen LogP contribution < -0.4 is 10.9 Å². The number of hydrogen-bond donors (Lipinski definition) is 2. The van der Waals surface area contributed by atoms with E-state index in [9.17, 15) is 4.79 Å².